The van der Waals surface area contributed by atoms with Crippen molar-refractivity contribution in [3.05, 3.63) is 0 Å². The van der Waals surface area contributed by atoms with Gasteiger partial charge in [-0.2, -0.15) is 13.2 Å². The van der Waals surface area contributed by atoms with Gasteiger partial charge in [0.15, 0.2) is 5.96 Å². The third-order valence-corrected chi connectivity index (χ3v) is 5.88. The molecule has 0 saturated carbocycles. The average molecular weight is 391 g/mol. The van der Waals surface area contributed by atoms with Crippen LogP contribution in [-0.4, -0.2) is 104 Å². The Hall–Kier alpha value is -1.06. The number of hydrogen-bond donors (Lipinski definition) is 1. The molecule has 27 heavy (non-hydrogen) atoms. The second-order valence-electron chi connectivity index (χ2n) is 7.68. The van der Waals surface area contributed by atoms with Crippen molar-refractivity contribution in [3.8, 4) is 0 Å². The molecule has 0 radical (unpaired) electrons. The van der Waals surface area contributed by atoms with E-state index in [1.165, 1.54) is 24.7 Å². The lowest BCUT2D eigenvalue weighted by Gasteiger charge is -2.40. The summed E-state index contributed by atoms with van der Waals surface area (Å²) in [6.45, 7) is 9.29. The molecular weight excluding hydrogens is 359 g/mol. The fraction of sp³-hybridized carbons (Fsp3) is 0.944. The lowest BCUT2D eigenvalue weighted by Crippen LogP contribution is -2.57. The summed E-state index contributed by atoms with van der Waals surface area (Å²) in [5, 5.41) is 3.28. The van der Waals surface area contributed by atoms with Crippen molar-refractivity contribution in [2.75, 3.05) is 59.0 Å². The minimum Gasteiger partial charge on any atom is -0.373 e. The number of halogens is 3. The SMILES string of the molecule is CCNC(=NCC1CN2CCCC2CO1)N1CCN(C(C)C(F)(F)F)CC1. The molecule has 0 amide bonds. The Kier molecular flexibility index (Phi) is 6.86. The van der Waals surface area contributed by atoms with Gasteiger partial charge in [-0.3, -0.25) is 14.8 Å². The molecule has 1 N–H and O–H groups in total. The third-order valence-electron chi connectivity index (χ3n) is 5.88. The summed E-state index contributed by atoms with van der Waals surface area (Å²) < 4.78 is 44.7. The second-order valence-corrected chi connectivity index (χ2v) is 7.68. The molecule has 0 aromatic heterocycles. The quantitative estimate of drug-likeness (QED) is 0.580. The van der Waals surface area contributed by atoms with Gasteiger partial charge in [0.2, 0.25) is 0 Å². The maximum absolute atomic E-state index is 12.9. The van der Waals surface area contributed by atoms with E-state index < -0.39 is 12.2 Å². The summed E-state index contributed by atoms with van der Waals surface area (Å²) >= 11 is 0. The van der Waals surface area contributed by atoms with Gasteiger partial charge in [0.25, 0.3) is 0 Å². The van der Waals surface area contributed by atoms with Gasteiger partial charge in [0, 0.05) is 45.3 Å². The van der Waals surface area contributed by atoms with Gasteiger partial charge in [-0.1, -0.05) is 0 Å². The normalized spacial score (nSPS) is 29.7. The molecule has 3 rings (SSSR count). The van der Waals surface area contributed by atoms with Crippen LogP contribution in [0.5, 0.6) is 0 Å². The van der Waals surface area contributed by atoms with Crippen molar-refractivity contribution in [2.45, 2.75) is 51.1 Å². The number of aliphatic imine (C=N–C) groups is 1. The van der Waals surface area contributed by atoms with E-state index in [1.54, 1.807) is 0 Å². The van der Waals surface area contributed by atoms with Gasteiger partial charge in [-0.05, 0) is 33.2 Å². The van der Waals surface area contributed by atoms with Crippen molar-refractivity contribution in [3.63, 3.8) is 0 Å². The molecule has 3 heterocycles. The predicted octanol–water partition coefficient (Wildman–Crippen LogP) is 1.38. The Morgan fingerprint density at radius 1 is 1.22 bits per heavy atom. The van der Waals surface area contributed by atoms with E-state index in [2.05, 4.69) is 15.1 Å². The zero-order valence-electron chi connectivity index (χ0n) is 16.3. The number of piperazine rings is 1. The van der Waals surface area contributed by atoms with E-state index in [9.17, 15) is 13.2 Å². The van der Waals surface area contributed by atoms with Crippen molar-refractivity contribution in [2.24, 2.45) is 4.99 Å². The number of morpholine rings is 1. The molecule has 3 aliphatic rings. The van der Waals surface area contributed by atoms with Crippen molar-refractivity contribution in [1.29, 1.82) is 0 Å². The maximum atomic E-state index is 12.9. The number of fused-ring (bicyclic) bond motifs is 1. The molecule has 3 aliphatic heterocycles. The van der Waals surface area contributed by atoms with E-state index in [-0.39, 0.29) is 6.10 Å². The number of hydrogen-bond acceptors (Lipinski definition) is 4. The van der Waals surface area contributed by atoms with E-state index in [1.807, 2.05) is 6.92 Å². The Labute approximate surface area is 159 Å². The molecule has 3 fully saturated rings. The van der Waals surface area contributed by atoms with E-state index in [0.717, 1.165) is 32.2 Å². The van der Waals surface area contributed by atoms with Gasteiger partial charge in [0.05, 0.1) is 19.3 Å². The standard InChI is InChI=1S/C18H32F3N5O/c1-3-22-17(23-11-16-12-26-6-4-5-15(26)13-27-16)25-9-7-24(8-10-25)14(2)18(19,20)21/h14-16H,3-13H2,1-2H3,(H,22,23). The van der Waals surface area contributed by atoms with Gasteiger partial charge < -0.3 is 15.0 Å². The fourth-order valence-electron chi connectivity index (χ4n) is 4.14. The molecule has 9 heteroatoms. The van der Waals surface area contributed by atoms with Crippen LogP contribution in [0, 0.1) is 0 Å². The largest absolute Gasteiger partial charge is 0.403 e. The smallest absolute Gasteiger partial charge is 0.373 e. The molecule has 3 unspecified atom stereocenters. The van der Waals surface area contributed by atoms with Crippen molar-refractivity contribution >= 4 is 5.96 Å². The molecule has 0 spiro atoms. The van der Waals surface area contributed by atoms with Gasteiger partial charge in [-0.15, -0.1) is 0 Å². The number of ether oxygens (including phenoxy) is 1. The fourth-order valence-corrected chi connectivity index (χ4v) is 4.14. The van der Waals surface area contributed by atoms with Crippen LogP contribution in [0.4, 0.5) is 13.2 Å². The summed E-state index contributed by atoms with van der Waals surface area (Å²) in [7, 11) is 0. The number of guanidine groups is 1. The lowest BCUT2D eigenvalue weighted by atomic mass is 10.2. The maximum Gasteiger partial charge on any atom is 0.403 e. The van der Waals surface area contributed by atoms with Crippen LogP contribution >= 0.6 is 0 Å². The summed E-state index contributed by atoms with van der Waals surface area (Å²) in [5.41, 5.74) is 0. The highest BCUT2D eigenvalue weighted by Gasteiger charge is 2.41. The Morgan fingerprint density at radius 3 is 2.63 bits per heavy atom. The molecule has 3 saturated heterocycles. The summed E-state index contributed by atoms with van der Waals surface area (Å²) in [6.07, 6.45) is -1.61. The van der Waals surface area contributed by atoms with E-state index in [0.29, 0.717) is 38.8 Å². The van der Waals surface area contributed by atoms with E-state index >= 15 is 0 Å². The first-order valence-corrected chi connectivity index (χ1v) is 10.1. The van der Waals surface area contributed by atoms with Crippen LogP contribution in [-0.2, 0) is 4.74 Å². The van der Waals surface area contributed by atoms with Gasteiger partial charge in [0.1, 0.15) is 6.04 Å². The number of nitrogens with one attached hydrogen (secondary N) is 1. The van der Waals surface area contributed by atoms with Crippen LogP contribution in [0.2, 0.25) is 0 Å². The zero-order chi connectivity index (χ0) is 19.4. The highest BCUT2D eigenvalue weighted by atomic mass is 19.4. The molecular formula is C18H32F3N5O. The predicted molar refractivity (Wildman–Crippen MR) is 99.0 cm³/mol. The van der Waals surface area contributed by atoms with Gasteiger partial charge in [-0.25, -0.2) is 0 Å². The average Bonchev–Trinajstić information content (AvgIpc) is 3.12. The molecule has 0 aromatic rings. The Balaban J connectivity index is 1.52. The summed E-state index contributed by atoms with van der Waals surface area (Å²) in [6, 6.07) is -0.828. The van der Waals surface area contributed by atoms with Crippen LogP contribution in [0.3, 0.4) is 0 Å². The summed E-state index contributed by atoms with van der Waals surface area (Å²) in [4.78, 5) is 10.8. The zero-order valence-corrected chi connectivity index (χ0v) is 16.3. The number of rotatable bonds is 4. The van der Waals surface area contributed by atoms with E-state index in [4.69, 9.17) is 9.73 Å². The lowest BCUT2D eigenvalue weighted by molar-refractivity contribution is -0.181. The first kappa shape index (κ1) is 20.7. The first-order valence-electron chi connectivity index (χ1n) is 10.1. The number of alkyl halides is 3. The van der Waals surface area contributed by atoms with Crippen LogP contribution in [0.1, 0.15) is 26.7 Å². The van der Waals surface area contributed by atoms with Crippen LogP contribution in [0.25, 0.3) is 0 Å². The Bertz CT molecular complexity index is 508. The molecule has 0 aromatic carbocycles. The summed E-state index contributed by atoms with van der Waals surface area (Å²) in [5.74, 6) is 0.781. The molecule has 0 aliphatic carbocycles. The third kappa shape index (κ3) is 5.26. The minimum atomic E-state index is -4.17. The molecule has 3 atom stereocenters. The highest BCUT2D eigenvalue weighted by Crippen LogP contribution is 2.25. The Morgan fingerprint density at radius 2 is 1.96 bits per heavy atom. The molecule has 156 valence electrons. The molecule has 6 nitrogen and oxygen atoms in total. The number of nitrogens with zero attached hydrogens (tertiary/aromatic N) is 4. The van der Waals surface area contributed by atoms with Crippen LogP contribution in [0.15, 0.2) is 4.99 Å². The van der Waals surface area contributed by atoms with Crippen molar-refractivity contribution in [1.82, 2.24) is 20.0 Å². The van der Waals surface area contributed by atoms with Crippen LogP contribution < -0.4 is 5.32 Å². The molecule has 0 bridgehead atoms. The first-order chi connectivity index (χ1) is 12.9. The minimum absolute atomic E-state index is 0.0968. The monoisotopic (exact) mass is 391 g/mol. The highest BCUT2D eigenvalue weighted by molar-refractivity contribution is 5.80. The van der Waals surface area contributed by atoms with Crippen molar-refractivity contribution < 1.29 is 17.9 Å². The second kappa shape index (κ2) is 8.96. The topological polar surface area (TPSA) is 43.3 Å². The van der Waals surface area contributed by atoms with Gasteiger partial charge >= 0.3 is 6.18 Å².